The van der Waals surface area contributed by atoms with Gasteiger partial charge in [-0.2, -0.15) is 0 Å². The molecule has 1 aromatic heterocycles. The zero-order chi connectivity index (χ0) is 30.6. The minimum Gasteiger partial charge on any atom is -0.435 e. The lowest BCUT2D eigenvalue weighted by atomic mass is 9.95. The van der Waals surface area contributed by atoms with Crippen LogP contribution in [-0.2, 0) is 51.3 Å². The first-order valence-corrected chi connectivity index (χ1v) is 14.5. The Bertz CT molecular complexity index is 1270. The quantitative estimate of drug-likeness (QED) is 0.202. The van der Waals surface area contributed by atoms with Gasteiger partial charge in [-0.3, -0.25) is 14.3 Å². The molecule has 0 bridgehead atoms. The average Bonchev–Trinajstić information content (AvgIpc) is 3.56. The second kappa shape index (κ2) is 12.8. The van der Waals surface area contributed by atoms with E-state index in [1.54, 1.807) is 0 Å². The van der Waals surface area contributed by atoms with E-state index in [2.05, 4.69) is 23.9 Å². The molecular weight excluding hydrogens is 594 g/mol. The van der Waals surface area contributed by atoms with Crippen LogP contribution in [0.5, 0.6) is 0 Å². The number of phosphoric acid groups is 1. The van der Waals surface area contributed by atoms with Crippen LogP contribution >= 0.6 is 7.82 Å². The maximum atomic E-state index is 15.1. The molecular formula is C23H32FN2O15P. The topological polar surface area (TPSA) is 198 Å². The summed E-state index contributed by atoms with van der Waals surface area (Å²) in [5, 5.41) is 0. The number of rotatable bonds is 12. The predicted molar refractivity (Wildman–Crippen MR) is 133 cm³/mol. The van der Waals surface area contributed by atoms with Gasteiger partial charge in [-0.15, -0.1) is 0 Å². The summed E-state index contributed by atoms with van der Waals surface area (Å²) < 4.78 is 82.5. The highest BCUT2D eigenvalue weighted by atomic mass is 31.2. The van der Waals surface area contributed by atoms with Crippen molar-refractivity contribution in [3.8, 4) is 0 Å². The van der Waals surface area contributed by atoms with E-state index in [1.165, 1.54) is 20.8 Å². The first-order chi connectivity index (χ1) is 19.9. The lowest BCUT2D eigenvalue weighted by Gasteiger charge is -2.34. The number of hydrogen-bond donors (Lipinski definition) is 1. The number of ether oxygens (including phenoxy) is 7. The summed E-state index contributed by atoms with van der Waals surface area (Å²) in [5.74, 6) is -3.83. The van der Waals surface area contributed by atoms with Crippen LogP contribution in [0.25, 0.3) is 0 Å². The molecule has 1 aromatic rings. The molecule has 4 rings (SSSR count). The molecule has 17 nitrogen and oxygen atoms in total. The van der Waals surface area contributed by atoms with Crippen molar-refractivity contribution in [2.24, 2.45) is 0 Å². The maximum Gasteiger partial charge on any atom is 0.510 e. The molecule has 0 radical (unpaired) electrons. The van der Waals surface area contributed by atoms with Crippen LogP contribution in [-0.4, -0.2) is 78.6 Å². The smallest absolute Gasteiger partial charge is 0.435 e. The van der Waals surface area contributed by atoms with E-state index in [9.17, 15) is 23.7 Å². The number of nitrogens with zero attached hydrogens (tertiary/aromatic N) is 1. The molecule has 1 saturated carbocycles. The lowest BCUT2D eigenvalue weighted by Crippen LogP contribution is -2.50. The van der Waals surface area contributed by atoms with E-state index in [0.29, 0.717) is 12.8 Å². The fourth-order valence-electron chi connectivity index (χ4n) is 5.03. The number of H-pyrrole nitrogens is 1. The summed E-state index contributed by atoms with van der Waals surface area (Å²) in [6.45, 7) is 0.741. The van der Waals surface area contributed by atoms with Crippen molar-refractivity contribution in [1.29, 1.82) is 0 Å². The second-order valence-electron chi connectivity index (χ2n) is 9.52. The molecule has 19 heteroatoms. The Morgan fingerprint density at radius 1 is 1.05 bits per heavy atom. The largest absolute Gasteiger partial charge is 0.510 e. The monoisotopic (exact) mass is 626 g/mol. The van der Waals surface area contributed by atoms with Crippen LogP contribution < -0.4 is 11.2 Å². The van der Waals surface area contributed by atoms with Crippen molar-refractivity contribution in [2.75, 3.05) is 33.5 Å². The SMILES string of the molecule is CCOC(=O)OCOP(=O)(OCOC(=O)OCC)O[C@@]1(CF)O[C@@H](n2ccc(=O)[nH]c2=O)[C@]2(C)OC3(CCCC3)O[C@H]12. The van der Waals surface area contributed by atoms with Crippen molar-refractivity contribution in [1.82, 2.24) is 9.55 Å². The summed E-state index contributed by atoms with van der Waals surface area (Å²) in [7, 11) is -5.07. The first-order valence-electron chi connectivity index (χ1n) is 13.1. The third-order valence-electron chi connectivity index (χ3n) is 6.68. The molecule has 3 fully saturated rings. The molecule has 3 heterocycles. The summed E-state index contributed by atoms with van der Waals surface area (Å²) in [6.07, 6.45) is -1.97. The Hall–Kier alpha value is -2.86. The summed E-state index contributed by atoms with van der Waals surface area (Å²) in [4.78, 5) is 49.7. The predicted octanol–water partition coefficient (Wildman–Crippen LogP) is 2.59. The highest BCUT2D eigenvalue weighted by Gasteiger charge is 2.74. The van der Waals surface area contributed by atoms with Gasteiger partial charge in [0.25, 0.3) is 5.56 Å². The Labute approximate surface area is 237 Å². The number of aromatic nitrogens is 2. The second-order valence-corrected chi connectivity index (χ2v) is 11.1. The first kappa shape index (κ1) is 32.1. The number of carbonyl (C=O) groups excluding carboxylic acids is 2. The average molecular weight is 626 g/mol. The van der Waals surface area contributed by atoms with Crippen LogP contribution in [0.15, 0.2) is 21.9 Å². The van der Waals surface area contributed by atoms with Crippen LogP contribution in [0.4, 0.5) is 14.0 Å². The molecule has 2 aliphatic heterocycles. The van der Waals surface area contributed by atoms with Gasteiger partial charge in [0.15, 0.2) is 18.1 Å². The van der Waals surface area contributed by atoms with Crippen molar-refractivity contribution in [3.63, 3.8) is 0 Å². The number of fused-ring (bicyclic) bond motifs is 1. The Balaban J connectivity index is 1.67. The van der Waals surface area contributed by atoms with E-state index >= 15 is 4.39 Å². The van der Waals surface area contributed by atoms with Crippen molar-refractivity contribution in [2.45, 2.75) is 76.0 Å². The van der Waals surface area contributed by atoms with Gasteiger partial charge >= 0.3 is 25.8 Å². The maximum absolute atomic E-state index is 15.1. The third kappa shape index (κ3) is 6.54. The van der Waals surface area contributed by atoms with E-state index < -0.39 is 81.2 Å². The van der Waals surface area contributed by atoms with Crippen LogP contribution in [0.1, 0.15) is 52.7 Å². The fraction of sp³-hybridized carbons (Fsp3) is 0.739. The summed E-state index contributed by atoms with van der Waals surface area (Å²) in [5.41, 5.74) is -3.26. The van der Waals surface area contributed by atoms with E-state index in [1.807, 2.05) is 0 Å². The van der Waals surface area contributed by atoms with Gasteiger partial charge < -0.3 is 33.2 Å². The zero-order valence-corrected chi connectivity index (χ0v) is 24.0. The molecule has 236 valence electrons. The standard InChI is InChI=1S/C23H32FN2O15P/c1-4-32-19(29)34-13-36-42(31,37-14-35-20(30)33-5-2)41-23(12-24)16-21(3,40-22(38-16)9-6-7-10-22)17(39-23)26-11-8-15(27)25-18(26)28/h8,11,16-17H,4-7,9-10,12-14H2,1-3H3,(H,25,27,28)/t16-,17+,21+,23+/m0/s1. The van der Waals surface area contributed by atoms with Crippen LogP contribution in [0.3, 0.4) is 0 Å². The van der Waals surface area contributed by atoms with Gasteiger partial charge in [0.05, 0.1) is 13.2 Å². The van der Waals surface area contributed by atoms with E-state index in [4.69, 9.17) is 27.8 Å². The van der Waals surface area contributed by atoms with Gasteiger partial charge in [-0.1, -0.05) is 0 Å². The molecule has 1 N–H and O–H groups in total. The van der Waals surface area contributed by atoms with Gasteiger partial charge in [-0.05, 0) is 33.6 Å². The van der Waals surface area contributed by atoms with Gasteiger partial charge in [0.1, 0.15) is 12.3 Å². The van der Waals surface area contributed by atoms with Crippen LogP contribution in [0, 0.1) is 0 Å². The number of alkyl halides is 1. The number of carbonyl (C=O) groups is 2. The minimum atomic E-state index is -5.07. The number of nitrogens with one attached hydrogen (secondary N) is 1. The molecule has 1 aliphatic carbocycles. The number of aromatic amines is 1. The number of hydrogen-bond acceptors (Lipinski definition) is 15. The van der Waals surface area contributed by atoms with Crippen molar-refractivity contribution < 1.29 is 65.3 Å². The molecule has 4 atom stereocenters. The van der Waals surface area contributed by atoms with E-state index in [0.717, 1.165) is 29.7 Å². The number of phosphoric ester groups is 1. The molecule has 0 unspecified atom stereocenters. The number of halogens is 1. The molecule has 3 aliphatic rings. The summed E-state index contributed by atoms with van der Waals surface area (Å²) >= 11 is 0. The Morgan fingerprint density at radius 2 is 1.64 bits per heavy atom. The Kier molecular flexibility index (Phi) is 9.76. The summed E-state index contributed by atoms with van der Waals surface area (Å²) in [6, 6.07) is 1.04. The lowest BCUT2D eigenvalue weighted by molar-refractivity contribution is -0.294. The molecule has 2 saturated heterocycles. The minimum absolute atomic E-state index is 0.0411. The van der Waals surface area contributed by atoms with Gasteiger partial charge in [0, 0.05) is 25.1 Å². The molecule has 0 amide bonds. The van der Waals surface area contributed by atoms with Crippen molar-refractivity contribution >= 4 is 20.1 Å². The normalized spacial score (nSPS) is 28.0. The van der Waals surface area contributed by atoms with Gasteiger partial charge in [-0.25, -0.2) is 36.9 Å². The zero-order valence-electron chi connectivity index (χ0n) is 23.1. The van der Waals surface area contributed by atoms with Gasteiger partial charge in [0.2, 0.25) is 19.4 Å². The Morgan fingerprint density at radius 3 is 2.17 bits per heavy atom. The highest BCUT2D eigenvalue weighted by Crippen LogP contribution is 2.63. The third-order valence-corrected chi connectivity index (χ3v) is 8.06. The van der Waals surface area contributed by atoms with Crippen LogP contribution in [0.2, 0.25) is 0 Å². The van der Waals surface area contributed by atoms with E-state index in [-0.39, 0.29) is 13.2 Å². The molecule has 1 spiro atoms. The van der Waals surface area contributed by atoms with Crippen molar-refractivity contribution in [3.05, 3.63) is 33.1 Å². The fourth-order valence-corrected chi connectivity index (χ4v) is 6.14. The molecule has 42 heavy (non-hydrogen) atoms. The highest BCUT2D eigenvalue weighted by molar-refractivity contribution is 7.48. The molecule has 0 aromatic carbocycles.